The van der Waals surface area contributed by atoms with Crippen molar-refractivity contribution in [1.82, 2.24) is 9.80 Å². The monoisotopic (exact) mass is 423 g/mol. The summed E-state index contributed by atoms with van der Waals surface area (Å²) < 4.78 is 45.5. The molecule has 0 radical (unpaired) electrons. The largest absolute Gasteiger partial charge is 0.573 e. The summed E-state index contributed by atoms with van der Waals surface area (Å²) in [7, 11) is 1.53. The first-order valence-corrected chi connectivity index (χ1v) is 9.10. The van der Waals surface area contributed by atoms with Crippen LogP contribution in [0.5, 0.6) is 11.5 Å². The summed E-state index contributed by atoms with van der Waals surface area (Å²) in [4.78, 5) is 28.2. The van der Waals surface area contributed by atoms with Crippen LogP contribution in [-0.4, -0.2) is 61.4 Å². The highest BCUT2D eigenvalue weighted by Gasteiger charge is 2.31. The fourth-order valence-electron chi connectivity index (χ4n) is 2.99. The summed E-state index contributed by atoms with van der Waals surface area (Å²) in [6.07, 6.45) is -4.77. The number of urea groups is 1. The Morgan fingerprint density at radius 2 is 1.57 bits per heavy atom. The molecule has 10 heteroatoms. The van der Waals surface area contributed by atoms with Crippen LogP contribution >= 0.6 is 0 Å². The van der Waals surface area contributed by atoms with E-state index >= 15 is 0 Å². The number of nitrogens with zero attached hydrogens (tertiary/aromatic N) is 2. The minimum atomic E-state index is -4.77. The predicted octanol–water partition coefficient (Wildman–Crippen LogP) is 3.58. The van der Waals surface area contributed by atoms with E-state index in [0.717, 1.165) is 12.1 Å². The topological polar surface area (TPSA) is 71.1 Å². The number of carbonyl (C=O) groups excluding carboxylic acids is 2. The van der Waals surface area contributed by atoms with Gasteiger partial charge in [0.15, 0.2) is 0 Å². The molecule has 3 amide bonds. The number of amides is 3. The molecule has 2 aromatic carbocycles. The Bertz CT molecular complexity index is 895. The van der Waals surface area contributed by atoms with Gasteiger partial charge in [-0.25, -0.2) is 4.79 Å². The number of alkyl halides is 3. The van der Waals surface area contributed by atoms with E-state index in [1.54, 1.807) is 29.2 Å². The highest BCUT2D eigenvalue weighted by atomic mass is 19.4. The number of carbonyl (C=O) groups is 2. The minimum Gasteiger partial charge on any atom is -0.497 e. The molecule has 7 nitrogen and oxygen atoms in total. The second kappa shape index (κ2) is 8.93. The summed E-state index contributed by atoms with van der Waals surface area (Å²) >= 11 is 0. The Labute approximate surface area is 171 Å². The fraction of sp³-hybridized carbons (Fsp3) is 0.300. The van der Waals surface area contributed by atoms with Gasteiger partial charge in [-0.2, -0.15) is 0 Å². The molecule has 160 valence electrons. The van der Waals surface area contributed by atoms with E-state index < -0.39 is 12.4 Å². The molecule has 1 fully saturated rings. The molecule has 0 unspecified atom stereocenters. The third kappa shape index (κ3) is 5.56. The number of rotatable bonds is 4. The molecule has 0 atom stereocenters. The van der Waals surface area contributed by atoms with Gasteiger partial charge in [-0.05, 0) is 42.5 Å². The number of nitrogens with one attached hydrogen (secondary N) is 1. The lowest BCUT2D eigenvalue weighted by Crippen LogP contribution is -2.51. The zero-order valence-corrected chi connectivity index (χ0v) is 16.1. The highest BCUT2D eigenvalue weighted by molar-refractivity contribution is 5.95. The molecule has 1 saturated heterocycles. The van der Waals surface area contributed by atoms with E-state index in [2.05, 4.69) is 10.1 Å². The number of anilines is 1. The molecule has 1 aliphatic rings. The first-order chi connectivity index (χ1) is 14.2. The van der Waals surface area contributed by atoms with Crippen molar-refractivity contribution in [3.8, 4) is 11.5 Å². The maximum Gasteiger partial charge on any atom is 0.573 e. The van der Waals surface area contributed by atoms with Gasteiger partial charge in [0.05, 0.1) is 7.11 Å². The van der Waals surface area contributed by atoms with Gasteiger partial charge in [0, 0.05) is 37.4 Å². The summed E-state index contributed by atoms with van der Waals surface area (Å²) in [5.41, 5.74) is 0.845. The fourth-order valence-corrected chi connectivity index (χ4v) is 2.99. The normalized spacial score (nSPS) is 14.3. The number of ether oxygens (including phenoxy) is 2. The van der Waals surface area contributed by atoms with Crippen LogP contribution in [0.4, 0.5) is 23.7 Å². The van der Waals surface area contributed by atoms with Crippen molar-refractivity contribution in [2.75, 3.05) is 38.6 Å². The van der Waals surface area contributed by atoms with Crippen LogP contribution in [0.3, 0.4) is 0 Å². The molecular formula is C20H20F3N3O4. The van der Waals surface area contributed by atoms with Crippen molar-refractivity contribution >= 4 is 17.6 Å². The van der Waals surface area contributed by atoms with Gasteiger partial charge in [-0.1, -0.05) is 6.07 Å². The van der Waals surface area contributed by atoms with Gasteiger partial charge >= 0.3 is 12.4 Å². The maximum atomic E-state index is 12.6. The second-order valence-corrected chi connectivity index (χ2v) is 6.51. The van der Waals surface area contributed by atoms with Crippen molar-refractivity contribution < 1.29 is 32.2 Å². The lowest BCUT2D eigenvalue weighted by atomic mass is 10.1. The second-order valence-electron chi connectivity index (χ2n) is 6.51. The summed E-state index contributed by atoms with van der Waals surface area (Å²) in [6.45, 7) is 1.39. The zero-order valence-electron chi connectivity index (χ0n) is 16.1. The van der Waals surface area contributed by atoms with Crippen LogP contribution in [0.2, 0.25) is 0 Å². The molecule has 0 aliphatic carbocycles. The molecule has 1 heterocycles. The first kappa shape index (κ1) is 21.3. The molecule has 1 N–H and O–H groups in total. The van der Waals surface area contributed by atoms with Gasteiger partial charge in [-0.15, -0.1) is 13.2 Å². The van der Waals surface area contributed by atoms with E-state index in [0.29, 0.717) is 43.2 Å². The Kier molecular flexibility index (Phi) is 6.34. The summed E-state index contributed by atoms with van der Waals surface area (Å²) in [5.74, 6) is 0.0740. The molecule has 2 aromatic rings. The van der Waals surface area contributed by atoms with Crippen LogP contribution in [0.25, 0.3) is 0 Å². The predicted molar refractivity (Wildman–Crippen MR) is 103 cm³/mol. The van der Waals surface area contributed by atoms with E-state index in [1.807, 2.05) is 0 Å². The molecular weight excluding hydrogens is 403 g/mol. The van der Waals surface area contributed by atoms with E-state index in [1.165, 1.54) is 24.1 Å². The van der Waals surface area contributed by atoms with E-state index in [-0.39, 0.29) is 11.7 Å². The molecule has 3 rings (SSSR count). The molecule has 0 saturated carbocycles. The first-order valence-electron chi connectivity index (χ1n) is 9.10. The number of methoxy groups -OCH3 is 1. The van der Waals surface area contributed by atoms with Gasteiger partial charge in [0.1, 0.15) is 11.5 Å². The quantitative estimate of drug-likeness (QED) is 0.816. The Morgan fingerprint density at radius 1 is 0.933 bits per heavy atom. The van der Waals surface area contributed by atoms with Crippen molar-refractivity contribution in [2.45, 2.75) is 6.36 Å². The van der Waals surface area contributed by atoms with Crippen LogP contribution in [0, 0.1) is 0 Å². The van der Waals surface area contributed by atoms with Crippen molar-refractivity contribution in [1.29, 1.82) is 0 Å². The highest BCUT2D eigenvalue weighted by Crippen LogP contribution is 2.24. The smallest absolute Gasteiger partial charge is 0.497 e. The lowest BCUT2D eigenvalue weighted by Gasteiger charge is -2.34. The number of halogens is 3. The summed E-state index contributed by atoms with van der Waals surface area (Å²) in [5, 5.41) is 2.62. The maximum absolute atomic E-state index is 12.6. The van der Waals surface area contributed by atoms with Gasteiger partial charge < -0.3 is 24.6 Å². The Morgan fingerprint density at radius 3 is 2.17 bits per heavy atom. The van der Waals surface area contributed by atoms with Crippen LogP contribution < -0.4 is 14.8 Å². The molecule has 0 spiro atoms. The van der Waals surface area contributed by atoms with Crippen LogP contribution in [0.15, 0.2) is 48.5 Å². The average Bonchev–Trinajstić information content (AvgIpc) is 2.73. The van der Waals surface area contributed by atoms with Crippen molar-refractivity contribution in [3.63, 3.8) is 0 Å². The van der Waals surface area contributed by atoms with Crippen molar-refractivity contribution in [3.05, 3.63) is 54.1 Å². The molecule has 0 bridgehead atoms. The lowest BCUT2D eigenvalue weighted by molar-refractivity contribution is -0.274. The van der Waals surface area contributed by atoms with Gasteiger partial charge in [-0.3, -0.25) is 4.79 Å². The summed E-state index contributed by atoms with van der Waals surface area (Å²) in [6, 6.07) is 11.3. The van der Waals surface area contributed by atoms with Crippen LogP contribution in [-0.2, 0) is 0 Å². The van der Waals surface area contributed by atoms with E-state index in [9.17, 15) is 22.8 Å². The van der Waals surface area contributed by atoms with E-state index in [4.69, 9.17) is 4.74 Å². The number of hydrogen-bond donors (Lipinski definition) is 1. The number of hydrogen-bond acceptors (Lipinski definition) is 4. The average molecular weight is 423 g/mol. The number of benzene rings is 2. The third-order valence-corrected chi connectivity index (χ3v) is 4.51. The third-order valence-electron chi connectivity index (χ3n) is 4.51. The van der Waals surface area contributed by atoms with Crippen LogP contribution in [0.1, 0.15) is 10.4 Å². The zero-order chi connectivity index (χ0) is 21.7. The van der Waals surface area contributed by atoms with Gasteiger partial charge in [0.25, 0.3) is 5.91 Å². The standard InChI is InChI=1S/C20H20F3N3O4/c1-29-17-4-2-3-14(13-17)18(27)25-9-11-26(12-10-25)19(28)24-15-5-7-16(8-6-15)30-20(21,22)23/h2-8,13H,9-12H2,1H3,(H,24,28). The van der Waals surface area contributed by atoms with Gasteiger partial charge in [0.2, 0.25) is 0 Å². The molecule has 0 aromatic heterocycles. The Hall–Kier alpha value is -3.43. The minimum absolute atomic E-state index is 0.144. The van der Waals surface area contributed by atoms with Crippen molar-refractivity contribution in [2.24, 2.45) is 0 Å². The SMILES string of the molecule is COc1cccc(C(=O)N2CCN(C(=O)Nc3ccc(OC(F)(F)F)cc3)CC2)c1. The number of piperazine rings is 1. The Balaban J connectivity index is 1.52. The molecule has 1 aliphatic heterocycles. The molecule has 30 heavy (non-hydrogen) atoms.